The Morgan fingerprint density at radius 1 is 1.43 bits per heavy atom. The molecule has 76 valence electrons. The molecular weight excluding hydrogens is 203 g/mol. The van der Waals surface area contributed by atoms with E-state index in [0.717, 1.165) is 5.56 Å². The Kier molecular flexibility index (Phi) is 2.10. The third-order valence-electron chi connectivity index (χ3n) is 2.56. The average Bonchev–Trinajstić information content (AvgIpc) is 2.81. The summed E-state index contributed by atoms with van der Waals surface area (Å²) in [6.07, 6.45) is 1.86. The predicted octanol–water partition coefficient (Wildman–Crippen LogP) is 1.73. The Morgan fingerprint density at radius 3 is 2.64 bits per heavy atom. The minimum absolute atomic E-state index is 0.000648. The minimum atomic E-state index is -2.96. The first-order valence-corrected chi connectivity index (χ1v) is 6.38. The standard InChI is InChI=1S/C10H11FO2S/c1-14(12,13)10-6-9(10)7-3-2-4-8(11)5-7/h2-5,9-10H,6H2,1H3/t9-,10-/m1/s1. The van der Waals surface area contributed by atoms with Crippen LogP contribution in [0.5, 0.6) is 0 Å². The molecule has 0 amide bonds. The smallest absolute Gasteiger partial charge is 0.150 e. The van der Waals surface area contributed by atoms with Gasteiger partial charge in [0, 0.05) is 12.2 Å². The van der Waals surface area contributed by atoms with Crippen molar-refractivity contribution in [2.75, 3.05) is 6.26 Å². The second kappa shape index (κ2) is 3.05. The van der Waals surface area contributed by atoms with Crippen LogP contribution in [0.4, 0.5) is 4.39 Å². The highest BCUT2D eigenvalue weighted by Crippen LogP contribution is 2.45. The van der Waals surface area contributed by atoms with Gasteiger partial charge in [-0.25, -0.2) is 12.8 Å². The van der Waals surface area contributed by atoms with E-state index in [1.165, 1.54) is 18.4 Å². The molecule has 0 unspecified atom stereocenters. The fraction of sp³-hybridized carbons (Fsp3) is 0.400. The van der Waals surface area contributed by atoms with Gasteiger partial charge in [0.2, 0.25) is 0 Å². The summed E-state index contributed by atoms with van der Waals surface area (Å²) in [7, 11) is -2.96. The highest BCUT2D eigenvalue weighted by molar-refractivity contribution is 7.91. The lowest BCUT2D eigenvalue weighted by Gasteiger charge is -1.98. The molecule has 1 aromatic carbocycles. The molecule has 1 aromatic rings. The summed E-state index contributed by atoms with van der Waals surface area (Å²) < 4.78 is 35.2. The number of rotatable bonds is 2. The Balaban J connectivity index is 2.22. The van der Waals surface area contributed by atoms with Gasteiger partial charge < -0.3 is 0 Å². The van der Waals surface area contributed by atoms with E-state index in [1.54, 1.807) is 12.1 Å². The van der Waals surface area contributed by atoms with E-state index in [9.17, 15) is 12.8 Å². The van der Waals surface area contributed by atoms with E-state index >= 15 is 0 Å². The van der Waals surface area contributed by atoms with Crippen molar-refractivity contribution < 1.29 is 12.8 Å². The minimum Gasteiger partial charge on any atom is -0.229 e. The topological polar surface area (TPSA) is 34.1 Å². The van der Waals surface area contributed by atoms with E-state index in [2.05, 4.69) is 0 Å². The summed E-state index contributed by atoms with van der Waals surface area (Å²) >= 11 is 0. The van der Waals surface area contributed by atoms with Crippen LogP contribution < -0.4 is 0 Å². The lowest BCUT2D eigenvalue weighted by Crippen LogP contribution is -2.05. The number of hydrogen-bond donors (Lipinski definition) is 0. The van der Waals surface area contributed by atoms with Gasteiger partial charge in [-0.3, -0.25) is 0 Å². The molecule has 2 rings (SSSR count). The van der Waals surface area contributed by atoms with Gasteiger partial charge in [-0.15, -0.1) is 0 Å². The van der Waals surface area contributed by atoms with Crippen LogP contribution in [-0.4, -0.2) is 19.9 Å². The molecule has 14 heavy (non-hydrogen) atoms. The molecule has 0 N–H and O–H groups in total. The Hall–Kier alpha value is -0.900. The molecule has 2 atom stereocenters. The lowest BCUT2D eigenvalue weighted by atomic mass is 10.1. The van der Waals surface area contributed by atoms with Gasteiger partial charge in [-0.2, -0.15) is 0 Å². The monoisotopic (exact) mass is 214 g/mol. The van der Waals surface area contributed by atoms with Crippen LogP contribution >= 0.6 is 0 Å². The van der Waals surface area contributed by atoms with Crippen molar-refractivity contribution in [2.45, 2.75) is 17.6 Å². The van der Waals surface area contributed by atoms with Gasteiger partial charge in [0.25, 0.3) is 0 Å². The normalized spacial score (nSPS) is 26.1. The molecule has 0 spiro atoms. The molecule has 2 nitrogen and oxygen atoms in total. The fourth-order valence-corrected chi connectivity index (χ4v) is 3.04. The van der Waals surface area contributed by atoms with Crippen LogP contribution in [0, 0.1) is 5.82 Å². The SMILES string of the molecule is CS(=O)(=O)[C@@H]1C[C@@H]1c1cccc(F)c1. The van der Waals surface area contributed by atoms with E-state index < -0.39 is 9.84 Å². The second-order valence-electron chi connectivity index (χ2n) is 3.77. The average molecular weight is 214 g/mol. The summed E-state index contributed by atoms with van der Waals surface area (Å²) in [4.78, 5) is 0. The molecule has 0 aromatic heterocycles. The van der Waals surface area contributed by atoms with Gasteiger partial charge >= 0.3 is 0 Å². The van der Waals surface area contributed by atoms with Crippen LogP contribution in [0.2, 0.25) is 0 Å². The van der Waals surface area contributed by atoms with E-state index in [4.69, 9.17) is 0 Å². The molecule has 0 saturated heterocycles. The van der Waals surface area contributed by atoms with Crippen LogP contribution in [0.1, 0.15) is 17.9 Å². The maximum absolute atomic E-state index is 12.8. The number of hydrogen-bond acceptors (Lipinski definition) is 2. The third-order valence-corrected chi connectivity index (χ3v) is 4.18. The van der Waals surface area contributed by atoms with Crippen molar-refractivity contribution in [3.8, 4) is 0 Å². The predicted molar refractivity (Wildman–Crippen MR) is 52.4 cm³/mol. The number of benzene rings is 1. The Morgan fingerprint density at radius 2 is 2.14 bits per heavy atom. The fourth-order valence-electron chi connectivity index (χ4n) is 1.73. The molecule has 0 heterocycles. The maximum Gasteiger partial charge on any atom is 0.150 e. The molecular formula is C10H11FO2S. The summed E-state index contributed by atoms with van der Waals surface area (Å²) in [5.41, 5.74) is 0.792. The van der Waals surface area contributed by atoms with E-state index in [0.29, 0.717) is 6.42 Å². The zero-order chi connectivity index (χ0) is 10.3. The first kappa shape index (κ1) is 9.65. The van der Waals surface area contributed by atoms with Crippen molar-refractivity contribution in [3.05, 3.63) is 35.6 Å². The van der Waals surface area contributed by atoms with Crippen LogP contribution in [0.25, 0.3) is 0 Å². The van der Waals surface area contributed by atoms with Gasteiger partial charge in [0.15, 0.2) is 9.84 Å². The summed E-state index contributed by atoms with van der Waals surface area (Å²) in [6, 6.07) is 6.17. The number of halogens is 1. The lowest BCUT2D eigenvalue weighted by molar-refractivity contribution is 0.599. The highest BCUT2D eigenvalue weighted by atomic mass is 32.2. The summed E-state index contributed by atoms with van der Waals surface area (Å²) in [5, 5.41) is -0.302. The van der Waals surface area contributed by atoms with Gasteiger partial charge in [-0.05, 0) is 24.1 Å². The maximum atomic E-state index is 12.8. The van der Waals surface area contributed by atoms with E-state index in [-0.39, 0.29) is 17.0 Å². The largest absolute Gasteiger partial charge is 0.229 e. The zero-order valence-corrected chi connectivity index (χ0v) is 8.59. The van der Waals surface area contributed by atoms with Crippen molar-refractivity contribution in [1.82, 2.24) is 0 Å². The van der Waals surface area contributed by atoms with Crippen LogP contribution in [-0.2, 0) is 9.84 Å². The Bertz CT molecular complexity index is 453. The first-order chi connectivity index (χ1) is 6.48. The van der Waals surface area contributed by atoms with Crippen molar-refractivity contribution in [2.24, 2.45) is 0 Å². The van der Waals surface area contributed by atoms with Gasteiger partial charge in [0.1, 0.15) is 5.82 Å². The molecule has 1 fully saturated rings. The molecule has 4 heteroatoms. The van der Waals surface area contributed by atoms with Gasteiger partial charge in [-0.1, -0.05) is 12.1 Å². The number of sulfone groups is 1. The highest BCUT2D eigenvalue weighted by Gasteiger charge is 2.45. The quantitative estimate of drug-likeness (QED) is 0.751. The van der Waals surface area contributed by atoms with Crippen LogP contribution in [0.15, 0.2) is 24.3 Å². The molecule has 1 aliphatic rings. The zero-order valence-electron chi connectivity index (χ0n) is 7.77. The summed E-state index contributed by atoms with van der Waals surface area (Å²) in [6.45, 7) is 0. The van der Waals surface area contributed by atoms with Crippen molar-refractivity contribution >= 4 is 9.84 Å². The van der Waals surface area contributed by atoms with E-state index in [1.807, 2.05) is 0 Å². The third kappa shape index (κ3) is 1.80. The van der Waals surface area contributed by atoms with Crippen molar-refractivity contribution in [1.29, 1.82) is 0 Å². The molecule has 0 aliphatic heterocycles. The Labute approximate surface area is 82.7 Å². The molecule has 1 saturated carbocycles. The molecule has 0 radical (unpaired) electrons. The molecule has 0 bridgehead atoms. The molecule has 1 aliphatic carbocycles. The van der Waals surface area contributed by atoms with Crippen molar-refractivity contribution in [3.63, 3.8) is 0 Å². The first-order valence-electron chi connectivity index (χ1n) is 4.43. The summed E-state index contributed by atoms with van der Waals surface area (Å²) in [5.74, 6) is -0.303. The van der Waals surface area contributed by atoms with Crippen LogP contribution in [0.3, 0.4) is 0 Å². The second-order valence-corrected chi connectivity index (χ2v) is 6.03. The van der Waals surface area contributed by atoms with Gasteiger partial charge in [0.05, 0.1) is 5.25 Å².